The lowest BCUT2D eigenvalue weighted by Gasteiger charge is -2.14. The molecule has 2 aromatic carbocycles. The normalized spacial score (nSPS) is 15.1. The molecule has 2 amide bonds. The molecule has 0 radical (unpaired) electrons. The van der Waals surface area contributed by atoms with Crippen molar-refractivity contribution >= 4 is 29.3 Å². The molecule has 8 heteroatoms. The zero-order valence-electron chi connectivity index (χ0n) is 15.3. The predicted molar refractivity (Wildman–Crippen MR) is 106 cm³/mol. The van der Waals surface area contributed by atoms with E-state index in [4.69, 9.17) is 4.42 Å². The van der Waals surface area contributed by atoms with Gasteiger partial charge in [0.25, 0.3) is 17.5 Å². The van der Waals surface area contributed by atoms with Gasteiger partial charge in [-0.1, -0.05) is 29.8 Å². The molecule has 0 aliphatic carbocycles. The Labute approximate surface area is 165 Å². The summed E-state index contributed by atoms with van der Waals surface area (Å²) in [5.74, 6) is -0.353. The van der Waals surface area contributed by atoms with Gasteiger partial charge in [-0.3, -0.25) is 25.1 Å². The van der Waals surface area contributed by atoms with Crippen molar-refractivity contribution in [3.63, 3.8) is 0 Å². The molecular formula is C21H15N3O5. The second-order valence-corrected chi connectivity index (χ2v) is 6.48. The van der Waals surface area contributed by atoms with Gasteiger partial charge in [0.15, 0.2) is 0 Å². The molecule has 3 aromatic rings. The highest BCUT2D eigenvalue weighted by Gasteiger charge is 2.34. The quantitative estimate of drug-likeness (QED) is 0.317. The largest absolute Gasteiger partial charge is 0.457 e. The van der Waals surface area contributed by atoms with E-state index >= 15 is 0 Å². The Morgan fingerprint density at radius 1 is 1.07 bits per heavy atom. The molecule has 1 aromatic heterocycles. The third-order valence-electron chi connectivity index (χ3n) is 4.44. The predicted octanol–water partition coefficient (Wildman–Crippen LogP) is 3.62. The number of non-ortho nitro benzene ring substituents is 1. The Hall–Kier alpha value is -4.20. The molecule has 8 nitrogen and oxygen atoms in total. The molecule has 0 unspecified atom stereocenters. The van der Waals surface area contributed by atoms with E-state index in [1.165, 1.54) is 23.2 Å². The summed E-state index contributed by atoms with van der Waals surface area (Å²) in [4.78, 5) is 35.4. The maximum Gasteiger partial charge on any atom is 0.282 e. The molecule has 29 heavy (non-hydrogen) atoms. The van der Waals surface area contributed by atoms with Gasteiger partial charge in [0.2, 0.25) is 0 Å². The molecule has 1 saturated heterocycles. The van der Waals surface area contributed by atoms with Gasteiger partial charge in [0.05, 0.1) is 10.6 Å². The first kappa shape index (κ1) is 18.2. The number of furan rings is 1. The van der Waals surface area contributed by atoms with E-state index in [2.05, 4.69) is 5.43 Å². The molecule has 0 atom stereocenters. The highest BCUT2D eigenvalue weighted by Crippen LogP contribution is 2.28. The average Bonchev–Trinajstić information content (AvgIpc) is 3.29. The minimum absolute atomic E-state index is 0.0575. The molecule has 1 fully saturated rings. The first-order valence-electron chi connectivity index (χ1n) is 8.71. The maximum atomic E-state index is 12.7. The van der Waals surface area contributed by atoms with Crippen LogP contribution in [0, 0.1) is 17.0 Å². The molecule has 1 N–H and O–H groups in total. The first-order valence-corrected chi connectivity index (χ1v) is 8.71. The van der Waals surface area contributed by atoms with Gasteiger partial charge in [-0.25, -0.2) is 5.01 Å². The number of hydrogen-bond acceptors (Lipinski definition) is 5. The number of aryl methyl sites for hydroxylation is 1. The third-order valence-corrected chi connectivity index (χ3v) is 4.44. The number of nitro benzene ring substituents is 1. The number of hydrogen-bond donors (Lipinski definition) is 1. The summed E-state index contributed by atoms with van der Waals surface area (Å²) in [5, 5.41) is 12.1. The first-order chi connectivity index (χ1) is 13.9. The van der Waals surface area contributed by atoms with Crippen molar-refractivity contribution in [2.75, 3.05) is 5.01 Å². The lowest BCUT2D eigenvalue weighted by molar-refractivity contribution is -0.384. The molecule has 0 saturated carbocycles. The third kappa shape index (κ3) is 3.51. The summed E-state index contributed by atoms with van der Waals surface area (Å²) in [6, 6.07) is 16.4. The lowest BCUT2D eigenvalue weighted by Crippen LogP contribution is -2.35. The molecule has 144 valence electrons. The standard InChI is InChI=1S/C21H15N3O5/c1-13-5-7-15(8-6-13)23-21(26)18(20(25)22-23)12-17-9-10-19(29-17)14-3-2-4-16(11-14)24(27)28/h2-12H,1H3,(H,22,25)/b18-12-. The Kier molecular flexibility index (Phi) is 4.44. The molecule has 0 bridgehead atoms. The van der Waals surface area contributed by atoms with Crippen LogP contribution in [0.1, 0.15) is 11.3 Å². The smallest absolute Gasteiger partial charge is 0.282 e. The van der Waals surface area contributed by atoms with Crippen LogP contribution >= 0.6 is 0 Å². The number of hydrazine groups is 1. The van der Waals surface area contributed by atoms with Crippen molar-refractivity contribution in [3.8, 4) is 11.3 Å². The van der Waals surface area contributed by atoms with E-state index in [1.807, 2.05) is 19.1 Å². The number of anilines is 1. The van der Waals surface area contributed by atoms with Gasteiger partial charge in [-0.2, -0.15) is 0 Å². The van der Waals surface area contributed by atoms with E-state index in [-0.39, 0.29) is 17.0 Å². The Balaban J connectivity index is 1.61. The van der Waals surface area contributed by atoms with Crippen molar-refractivity contribution < 1.29 is 18.9 Å². The van der Waals surface area contributed by atoms with Crippen LogP contribution in [0.2, 0.25) is 0 Å². The number of amides is 2. The molecular weight excluding hydrogens is 374 g/mol. The highest BCUT2D eigenvalue weighted by atomic mass is 16.6. The van der Waals surface area contributed by atoms with Crippen LogP contribution in [0.5, 0.6) is 0 Å². The molecule has 4 rings (SSSR count). The van der Waals surface area contributed by atoms with Crippen molar-refractivity contribution in [2.45, 2.75) is 6.92 Å². The Morgan fingerprint density at radius 3 is 2.55 bits per heavy atom. The van der Waals surface area contributed by atoms with Crippen LogP contribution < -0.4 is 10.4 Å². The molecule has 2 heterocycles. The molecule has 1 aliphatic rings. The van der Waals surface area contributed by atoms with Crippen LogP contribution in [-0.2, 0) is 9.59 Å². The summed E-state index contributed by atoms with van der Waals surface area (Å²) >= 11 is 0. The monoisotopic (exact) mass is 389 g/mol. The van der Waals surface area contributed by atoms with Crippen molar-refractivity contribution in [1.29, 1.82) is 0 Å². The maximum absolute atomic E-state index is 12.7. The van der Waals surface area contributed by atoms with E-state index < -0.39 is 16.7 Å². The Bertz CT molecular complexity index is 1160. The topological polar surface area (TPSA) is 106 Å². The summed E-state index contributed by atoms with van der Waals surface area (Å²) in [6.45, 7) is 1.93. The SMILES string of the molecule is Cc1ccc(N2NC(=O)/C(=C/c3ccc(-c4cccc([N+](=O)[O-])c4)o3)C2=O)cc1. The van der Waals surface area contributed by atoms with Crippen LogP contribution in [0.25, 0.3) is 17.4 Å². The summed E-state index contributed by atoms with van der Waals surface area (Å²) < 4.78 is 5.67. The fourth-order valence-electron chi connectivity index (χ4n) is 2.93. The van der Waals surface area contributed by atoms with Crippen LogP contribution in [0.4, 0.5) is 11.4 Å². The molecule has 0 spiro atoms. The minimum Gasteiger partial charge on any atom is -0.457 e. The van der Waals surface area contributed by atoms with Gasteiger partial charge in [-0.05, 0) is 37.3 Å². The summed E-state index contributed by atoms with van der Waals surface area (Å²) in [7, 11) is 0. The van der Waals surface area contributed by atoms with E-state index in [1.54, 1.807) is 36.4 Å². The second-order valence-electron chi connectivity index (χ2n) is 6.48. The summed E-state index contributed by atoms with van der Waals surface area (Å²) in [6.07, 6.45) is 1.35. The Morgan fingerprint density at radius 2 is 1.83 bits per heavy atom. The highest BCUT2D eigenvalue weighted by molar-refractivity contribution is 6.31. The van der Waals surface area contributed by atoms with Crippen molar-refractivity contribution in [3.05, 3.63) is 87.7 Å². The number of benzene rings is 2. The number of nitrogens with zero attached hydrogens (tertiary/aromatic N) is 2. The van der Waals surface area contributed by atoms with Gasteiger partial charge in [0.1, 0.15) is 17.1 Å². The van der Waals surface area contributed by atoms with Gasteiger partial charge in [0, 0.05) is 17.7 Å². The fourth-order valence-corrected chi connectivity index (χ4v) is 2.93. The van der Waals surface area contributed by atoms with Crippen LogP contribution in [-0.4, -0.2) is 16.7 Å². The van der Waals surface area contributed by atoms with Crippen molar-refractivity contribution in [2.24, 2.45) is 0 Å². The number of nitro groups is 1. The van der Waals surface area contributed by atoms with Gasteiger partial charge < -0.3 is 4.42 Å². The molecule has 1 aliphatic heterocycles. The van der Waals surface area contributed by atoms with Crippen LogP contribution in [0.3, 0.4) is 0 Å². The van der Waals surface area contributed by atoms with E-state index in [0.29, 0.717) is 17.0 Å². The van der Waals surface area contributed by atoms with Crippen LogP contribution in [0.15, 0.2) is 70.7 Å². The summed E-state index contributed by atoms with van der Waals surface area (Å²) in [5.41, 5.74) is 4.51. The number of nitrogens with one attached hydrogen (secondary N) is 1. The minimum atomic E-state index is -0.538. The zero-order valence-corrected chi connectivity index (χ0v) is 15.3. The number of carbonyl (C=O) groups is 2. The number of carbonyl (C=O) groups excluding carboxylic acids is 2. The van der Waals surface area contributed by atoms with Gasteiger partial charge >= 0.3 is 0 Å². The lowest BCUT2D eigenvalue weighted by atomic mass is 10.1. The zero-order chi connectivity index (χ0) is 20.5. The van der Waals surface area contributed by atoms with Crippen molar-refractivity contribution in [1.82, 2.24) is 5.43 Å². The number of rotatable bonds is 4. The fraction of sp³-hybridized carbons (Fsp3) is 0.0476. The average molecular weight is 389 g/mol. The van der Waals surface area contributed by atoms with Gasteiger partial charge in [-0.15, -0.1) is 0 Å². The van der Waals surface area contributed by atoms with E-state index in [9.17, 15) is 19.7 Å². The van der Waals surface area contributed by atoms with E-state index in [0.717, 1.165) is 5.56 Å². The second kappa shape index (κ2) is 7.08.